The molecule has 0 atom stereocenters. The number of rotatable bonds is 9. The lowest BCUT2D eigenvalue weighted by molar-refractivity contribution is -0.123. The van der Waals surface area contributed by atoms with E-state index in [9.17, 15) is 14.4 Å². The fraction of sp³-hybridized carbons (Fsp3) is 0.536. The minimum Gasteiger partial charge on any atom is -0.462 e. The van der Waals surface area contributed by atoms with Crippen LogP contribution in [0.15, 0.2) is 40.2 Å². The number of unbranched alkanes of at least 4 members (excludes halogenated alkanes) is 1. The molecule has 1 aliphatic carbocycles. The molecule has 1 fully saturated rings. The Morgan fingerprint density at radius 3 is 2.65 bits per heavy atom. The summed E-state index contributed by atoms with van der Waals surface area (Å²) in [7, 11) is 1.56. The number of fused-ring (bicyclic) bond motifs is 2. The van der Waals surface area contributed by atoms with Crippen molar-refractivity contribution in [3.63, 3.8) is 0 Å². The third-order valence-corrected chi connectivity index (χ3v) is 7.18. The van der Waals surface area contributed by atoms with E-state index >= 15 is 0 Å². The molecule has 0 aromatic carbocycles. The molecule has 3 heterocycles. The zero-order valence-corrected chi connectivity index (χ0v) is 21.9. The summed E-state index contributed by atoms with van der Waals surface area (Å²) in [4.78, 5) is 49.0. The molecule has 1 saturated carbocycles. The number of carbonyl (C=O) groups excluding carboxylic acids is 2. The number of hydrogen-bond acceptors (Lipinski definition) is 6. The second kappa shape index (κ2) is 12.3. The third-order valence-electron chi connectivity index (χ3n) is 7.18. The van der Waals surface area contributed by atoms with Crippen molar-refractivity contribution >= 4 is 28.6 Å². The summed E-state index contributed by atoms with van der Waals surface area (Å²) >= 11 is 0. The lowest BCUT2D eigenvalue weighted by atomic mass is 9.79. The number of nitrogens with zero attached hydrogens (tertiary/aromatic N) is 4. The van der Waals surface area contributed by atoms with Crippen LogP contribution in [0.4, 0.5) is 0 Å². The minimum atomic E-state index is -0.636. The topological polar surface area (TPSA) is 104 Å². The zero-order chi connectivity index (χ0) is 26.4. The summed E-state index contributed by atoms with van der Waals surface area (Å²) in [6.45, 7) is 4.59. The lowest BCUT2D eigenvalue weighted by Gasteiger charge is -2.26. The van der Waals surface area contributed by atoms with Crippen molar-refractivity contribution in [2.24, 2.45) is 16.8 Å². The van der Waals surface area contributed by atoms with Gasteiger partial charge in [0.15, 0.2) is 5.49 Å². The normalized spacial score (nSPS) is 18.4. The van der Waals surface area contributed by atoms with E-state index in [1.807, 2.05) is 0 Å². The summed E-state index contributed by atoms with van der Waals surface area (Å²) in [5.74, 6) is -0.406. The summed E-state index contributed by atoms with van der Waals surface area (Å²) in [5, 5.41) is 0.241. The van der Waals surface area contributed by atoms with Gasteiger partial charge >= 0.3 is 5.97 Å². The molecule has 4 rings (SSSR count). The maximum absolute atomic E-state index is 13.4. The van der Waals surface area contributed by atoms with Crippen molar-refractivity contribution in [2.45, 2.75) is 65.3 Å². The number of hydrogen-bond donors (Lipinski definition) is 0. The van der Waals surface area contributed by atoms with E-state index in [4.69, 9.17) is 14.5 Å². The van der Waals surface area contributed by atoms with Gasteiger partial charge in [0, 0.05) is 25.8 Å². The first-order valence-corrected chi connectivity index (χ1v) is 13.3. The van der Waals surface area contributed by atoms with Crippen LogP contribution in [0.25, 0.3) is 16.7 Å². The van der Waals surface area contributed by atoms with Gasteiger partial charge in [0.1, 0.15) is 16.9 Å². The van der Waals surface area contributed by atoms with Gasteiger partial charge in [-0.2, -0.15) is 4.99 Å². The average molecular weight is 509 g/mol. The number of aromatic nitrogens is 3. The molecular formula is C28H36N4O5. The maximum atomic E-state index is 13.4. The molecule has 0 unspecified atom stereocenters. The Labute approximate surface area is 216 Å². The molecule has 9 heteroatoms. The standard InChI is InChI=1S/C28H36N4O5/c1-4-6-9-19-11-13-20(14-12-19)26(33)30-25-22(28(35)37-5-2)18-21-24(32(25)16-17-36-3)29-23-10-7-8-15-31(23)27(21)34/h7-8,10,15,18-20H,4-6,9,11-14,16-17H2,1-3H3. The molecule has 0 N–H and O–H groups in total. The molecule has 0 saturated heterocycles. The second-order valence-corrected chi connectivity index (χ2v) is 9.64. The predicted molar refractivity (Wildman–Crippen MR) is 140 cm³/mol. The van der Waals surface area contributed by atoms with Crippen LogP contribution in [0.5, 0.6) is 0 Å². The largest absolute Gasteiger partial charge is 0.462 e. The second-order valence-electron chi connectivity index (χ2n) is 9.64. The highest BCUT2D eigenvalue weighted by atomic mass is 16.5. The Bertz CT molecular complexity index is 1400. The molecule has 0 radical (unpaired) electrons. The van der Waals surface area contributed by atoms with Crippen LogP contribution in [0, 0.1) is 11.8 Å². The average Bonchev–Trinajstić information content (AvgIpc) is 2.91. The Hall–Kier alpha value is -3.33. The summed E-state index contributed by atoms with van der Waals surface area (Å²) in [5.41, 5.74) is 0.716. The van der Waals surface area contributed by atoms with Gasteiger partial charge in [-0.1, -0.05) is 32.3 Å². The number of amides is 1. The van der Waals surface area contributed by atoms with Crippen molar-refractivity contribution in [2.75, 3.05) is 20.3 Å². The van der Waals surface area contributed by atoms with Crippen LogP contribution in [-0.4, -0.2) is 46.2 Å². The number of carbonyl (C=O) groups is 2. The van der Waals surface area contributed by atoms with Gasteiger partial charge in [0.2, 0.25) is 0 Å². The molecule has 0 spiro atoms. The van der Waals surface area contributed by atoms with Crippen LogP contribution in [0.2, 0.25) is 0 Å². The van der Waals surface area contributed by atoms with Gasteiger partial charge in [0.25, 0.3) is 11.5 Å². The first-order chi connectivity index (χ1) is 18.0. The minimum absolute atomic E-state index is 0.0743. The van der Waals surface area contributed by atoms with Crippen LogP contribution in [-0.2, 0) is 20.8 Å². The molecule has 1 amide bonds. The van der Waals surface area contributed by atoms with Crippen molar-refractivity contribution in [1.29, 1.82) is 0 Å². The Balaban J connectivity index is 1.87. The SMILES string of the molecule is CCCCC1CCC(C(=O)N=c2c(C(=O)OCC)cc3c(=O)n4ccccc4nc3n2CCOC)CC1. The van der Waals surface area contributed by atoms with Crippen LogP contribution in [0.1, 0.15) is 69.2 Å². The highest BCUT2D eigenvalue weighted by molar-refractivity contribution is 5.93. The number of methoxy groups -OCH3 is 1. The maximum Gasteiger partial charge on any atom is 0.341 e. The van der Waals surface area contributed by atoms with Gasteiger partial charge in [-0.05, 0) is 56.7 Å². The van der Waals surface area contributed by atoms with E-state index in [0.29, 0.717) is 17.2 Å². The van der Waals surface area contributed by atoms with E-state index < -0.39 is 5.97 Å². The Kier molecular flexibility index (Phi) is 8.87. The zero-order valence-electron chi connectivity index (χ0n) is 21.9. The van der Waals surface area contributed by atoms with E-state index in [-0.39, 0.29) is 53.6 Å². The number of pyridine rings is 2. The van der Waals surface area contributed by atoms with Gasteiger partial charge in [0.05, 0.1) is 18.6 Å². The molecule has 198 valence electrons. The van der Waals surface area contributed by atoms with Crippen molar-refractivity contribution in [3.8, 4) is 0 Å². The van der Waals surface area contributed by atoms with E-state index in [1.165, 1.54) is 29.7 Å². The summed E-state index contributed by atoms with van der Waals surface area (Å²) in [6.07, 6.45) is 8.86. The predicted octanol–water partition coefficient (Wildman–Crippen LogP) is 3.90. The van der Waals surface area contributed by atoms with Crippen molar-refractivity contribution in [1.82, 2.24) is 14.0 Å². The number of ether oxygens (including phenoxy) is 2. The van der Waals surface area contributed by atoms with E-state index in [2.05, 4.69) is 11.9 Å². The van der Waals surface area contributed by atoms with E-state index in [0.717, 1.165) is 25.7 Å². The third kappa shape index (κ3) is 5.82. The summed E-state index contributed by atoms with van der Waals surface area (Å²) in [6, 6.07) is 6.73. The monoisotopic (exact) mass is 508 g/mol. The lowest BCUT2D eigenvalue weighted by Crippen LogP contribution is -2.34. The van der Waals surface area contributed by atoms with Crippen molar-refractivity contribution in [3.05, 3.63) is 51.9 Å². The fourth-order valence-electron chi connectivity index (χ4n) is 5.14. The first kappa shape index (κ1) is 26.7. The molecular weight excluding hydrogens is 472 g/mol. The molecule has 1 aliphatic rings. The van der Waals surface area contributed by atoms with Crippen molar-refractivity contribution < 1.29 is 19.1 Å². The molecule has 3 aromatic rings. The van der Waals surface area contributed by atoms with Gasteiger partial charge < -0.3 is 14.0 Å². The molecule has 0 aliphatic heterocycles. The molecule has 37 heavy (non-hydrogen) atoms. The Morgan fingerprint density at radius 2 is 1.95 bits per heavy atom. The van der Waals surface area contributed by atoms with Crippen LogP contribution in [0.3, 0.4) is 0 Å². The molecule has 3 aromatic heterocycles. The van der Waals surface area contributed by atoms with E-state index in [1.54, 1.807) is 43.0 Å². The molecule has 9 nitrogen and oxygen atoms in total. The smallest absolute Gasteiger partial charge is 0.341 e. The van der Waals surface area contributed by atoms with Crippen LogP contribution >= 0.6 is 0 Å². The Morgan fingerprint density at radius 1 is 1.16 bits per heavy atom. The van der Waals surface area contributed by atoms with Gasteiger partial charge in [-0.3, -0.25) is 14.0 Å². The highest BCUT2D eigenvalue weighted by Gasteiger charge is 2.27. The summed E-state index contributed by atoms with van der Waals surface area (Å²) < 4.78 is 13.7. The van der Waals surface area contributed by atoms with Gasteiger partial charge in [-0.25, -0.2) is 9.78 Å². The number of esters is 1. The quantitative estimate of drug-likeness (QED) is 0.321. The first-order valence-electron chi connectivity index (χ1n) is 13.3. The van der Waals surface area contributed by atoms with Gasteiger partial charge in [-0.15, -0.1) is 0 Å². The molecule has 0 bridgehead atoms. The highest BCUT2D eigenvalue weighted by Crippen LogP contribution is 2.32. The fourth-order valence-corrected chi connectivity index (χ4v) is 5.14. The van der Waals surface area contributed by atoms with Crippen LogP contribution < -0.4 is 11.0 Å².